The van der Waals surface area contributed by atoms with E-state index in [0.717, 1.165) is 12.7 Å². The second-order valence-electron chi connectivity index (χ2n) is 5.07. The van der Waals surface area contributed by atoms with Crippen molar-refractivity contribution in [2.24, 2.45) is 0 Å². The van der Waals surface area contributed by atoms with Crippen LogP contribution in [0.3, 0.4) is 0 Å². The summed E-state index contributed by atoms with van der Waals surface area (Å²) in [7, 11) is -5.51. The van der Waals surface area contributed by atoms with Crippen molar-refractivity contribution < 1.29 is 17.4 Å². The first-order chi connectivity index (χ1) is 6.46. The lowest BCUT2D eigenvalue weighted by Gasteiger charge is -2.34. The van der Waals surface area contributed by atoms with E-state index in [0.29, 0.717) is 6.42 Å². The maximum Gasteiger partial charge on any atom is 0.264 e. The van der Waals surface area contributed by atoms with Crippen molar-refractivity contribution in [1.29, 1.82) is 0 Å². The smallest absolute Gasteiger partial charge is 0.264 e. The largest absolute Gasteiger partial charge is 0.432 e. The zero-order chi connectivity index (χ0) is 12.3. The van der Waals surface area contributed by atoms with Gasteiger partial charge in [0, 0.05) is 0 Å². The Hall–Kier alpha value is 0.0869. The summed E-state index contributed by atoms with van der Waals surface area (Å²) in [6.45, 7) is 8.01. The molecule has 1 N–H and O–H groups in total. The highest BCUT2D eigenvalue weighted by Crippen LogP contribution is 2.39. The third-order valence-corrected chi connectivity index (χ3v) is 7.06. The minimum absolute atomic E-state index is 0.117. The van der Waals surface area contributed by atoms with Crippen LogP contribution in [0, 0.1) is 0 Å². The summed E-state index contributed by atoms with van der Waals surface area (Å²) in [6, 6.07) is 0. The third kappa shape index (κ3) is 6.29. The van der Waals surface area contributed by atoms with Crippen LogP contribution in [0.4, 0.5) is 0 Å². The summed E-state index contributed by atoms with van der Waals surface area (Å²) in [6.07, 6.45) is 2.47. The molecule has 0 rings (SSSR count). The summed E-state index contributed by atoms with van der Waals surface area (Å²) < 4.78 is 26.0. The molecule has 0 atom stereocenters. The Bertz CT molecular complexity index is 290. The Kier molecular flexibility index (Phi) is 4.97. The molecule has 0 aromatic heterocycles. The van der Waals surface area contributed by atoms with Gasteiger partial charge in [0.1, 0.15) is 0 Å². The molecule has 0 spiro atoms. The highest BCUT2D eigenvalue weighted by Gasteiger charge is 2.37. The second-order valence-corrected chi connectivity index (χ2v) is 11.2. The Labute approximate surface area is 93.9 Å². The topological polar surface area (TPSA) is 63.6 Å². The maximum atomic E-state index is 10.7. The van der Waals surface area contributed by atoms with Gasteiger partial charge in [-0.25, -0.2) is 0 Å². The minimum Gasteiger partial charge on any atom is -0.432 e. The first-order valence-corrected chi connectivity index (χ1v) is 9.79. The molecule has 0 heterocycles. The van der Waals surface area contributed by atoms with Crippen molar-refractivity contribution >= 4 is 18.4 Å². The summed E-state index contributed by atoms with van der Waals surface area (Å²) in [5.74, 6) is 0. The van der Waals surface area contributed by atoms with Crippen molar-refractivity contribution in [3.8, 4) is 0 Å². The fraction of sp³-hybridized carbons (Fsp3) is 1.00. The summed E-state index contributed by atoms with van der Waals surface area (Å²) in [4.78, 5) is 9.98. The molecule has 0 amide bonds. The molecule has 0 bridgehead atoms. The zero-order valence-corrected chi connectivity index (χ0v) is 12.0. The molecule has 0 unspecified atom stereocenters. The summed E-state index contributed by atoms with van der Waals surface area (Å²) in [5.41, 5.74) is 0. The summed E-state index contributed by atoms with van der Waals surface area (Å²) in [5, 5.41) is -0.117. The monoisotopic (exact) mass is 254 g/mol. The molecule has 92 valence electrons. The van der Waals surface area contributed by atoms with Gasteiger partial charge in [0.25, 0.3) is 10.1 Å². The zero-order valence-electron chi connectivity index (χ0n) is 10.2. The van der Waals surface area contributed by atoms with Gasteiger partial charge < -0.3 is 4.80 Å². The van der Waals surface area contributed by atoms with E-state index >= 15 is 0 Å². The molecule has 15 heavy (non-hydrogen) atoms. The van der Waals surface area contributed by atoms with Crippen molar-refractivity contribution in [2.45, 2.75) is 44.8 Å². The van der Waals surface area contributed by atoms with Crippen molar-refractivity contribution in [1.82, 2.24) is 0 Å². The quantitative estimate of drug-likeness (QED) is 0.445. The Morgan fingerprint density at radius 2 is 1.80 bits per heavy atom. The Morgan fingerprint density at radius 1 is 1.33 bits per heavy atom. The van der Waals surface area contributed by atoms with Gasteiger partial charge in [0.15, 0.2) is 8.32 Å². The minimum atomic E-state index is -3.33. The van der Waals surface area contributed by atoms with E-state index < -0.39 is 18.4 Å². The fourth-order valence-corrected chi connectivity index (χ4v) is 2.24. The third-order valence-electron chi connectivity index (χ3n) is 2.90. The first kappa shape index (κ1) is 15.1. The van der Waals surface area contributed by atoms with E-state index in [9.17, 15) is 13.2 Å². The molecule has 0 aliphatic rings. The SMILES string of the molecule is CC(C)(CCCOS(C)(=O)=O)[Si](C)(C)O. The predicted octanol–water partition coefficient (Wildman–Crippen LogP) is 1.72. The number of rotatable bonds is 6. The lowest BCUT2D eigenvalue weighted by atomic mass is 10.1. The Balaban J connectivity index is 3.98. The molecule has 6 heteroatoms. The lowest BCUT2D eigenvalue weighted by Crippen LogP contribution is -2.39. The van der Waals surface area contributed by atoms with Crippen molar-refractivity contribution in [3.63, 3.8) is 0 Å². The van der Waals surface area contributed by atoms with Crippen molar-refractivity contribution in [2.75, 3.05) is 12.9 Å². The average molecular weight is 254 g/mol. The van der Waals surface area contributed by atoms with Gasteiger partial charge in [0.2, 0.25) is 0 Å². The van der Waals surface area contributed by atoms with Gasteiger partial charge in [-0.1, -0.05) is 13.8 Å². The number of hydrogen-bond donors (Lipinski definition) is 1. The maximum absolute atomic E-state index is 10.7. The van der Waals surface area contributed by atoms with Gasteiger partial charge in [-0.3, -0.25) is 4.18 Å². The van der Waals surface area contributed by atoms with Crippen molar-refractivity contribution in [3.05, 3.63) is 0 Å². The van der Waals surface area contributed by atoms with Gasteiger partial charge in [-0.2, -0.15) is 8.42 Å². The normalized spacial score (nSPS) is 14.3. The number of hydrogen-bond acceptors (Lipinski definition) is 4. The molecule has 0 saturated heterocycles. The molecule has 0 aromatic rings. The summed E-state index contributed by atoms with van der Waals surface area (Å²) >= 11 is 0. The molecule has 0 radical (unpaired) electrons. The van der Waals surface area contributed by atoms with Crippen LogP contribution < -0.4 is 0 Å². The van der Waals surface area contributed by atoms with E-state index in [-0.39, 0.29) is 11.6 Å². The first-order valence-electron chi connectivity index (χ1n) is 5.02. The Morgan fingerprint density at radius 3 is 2.13 bits per heavy atom. The van der Waals surface area contributed by atoms with E-state index in [1.807, 2.05) is 26.9 Å². The van der Waals surface area contributed by atoms with Crippen LogP contribution in [0.25, 0.3) is 0 Å². The van der Waals surface area contributed by atoms with Crippen LogP contribution in [0.1, 0.15) is 26.7 Å². The average Bonchev–Trinajstić information content (AvgIpc) is 1.94. The molecular formula is C9H22O4SSi. The molecule has 4 nitrogen and oxygen atoms in total. The second kappa shape index (κ2) is 4.95. The standard InChI is InChI=1S/C9H22O4SSi/c1-9(2,15(4,5)12)7-6-8-13-14(3,10)11/h12H,6-8H2,1-5H3. The van der Waals surface area contributed by atoms with Gasteiger partial charge in [-0.15, -0.1) is 0 Å². The molecule has 0 aliphatic heterocycles. The van der Waals surface area contributed by atoms with Crippen LogP contribution in [0.5, 0.6) is 0 Å². The van der Waals surface area contributed by atoms with Gasteiger partial charge in [0.05, 0.1) is 12.9 Å². The van der Waals surface area contributed by atoms with E-state index in [2.05, 4.69) is 4.18 Å². The van der Waals surface area contributed by atoms with Crippen LogP contribution in [0.15, 0.2) is 0 Å². The molecule has 0 aromatic carbocycles. The highest BCUT2D eigenvalue weighted by molar-refractivity contribution is 7.85. The lowest BCUT2D eigenvalue weighted by molar-refractivity contribution is 0.300. The van der Waals surface area contributed by atoms with Gasteiger partial charge in [-0.05, 0) is 31.0 Å². The molecule has 0 saturated carbocycles. The molecule has 0 aliphatic carbocycles. The van der Waals surface area contributed by atoms with E-state index in [1.165, 1.54) is 0 Å². The fourth-order valence-electron chi connectivity index (χ4n) is 1.03. The predicted molar refractivity (Wildman–Crippen MR) is 63.8 cm³/mol. The van der Waals surface area contributed by atoms with E-state index in [1.54, 1.807) is 0 Å². The van der Waals surface area contributed by atoms with Crippen LogP contribution >= 0.6 is 0 Å². The molecular weight excluding hydrogens is 232 g/mol. The van der Waals surface area contributed by atoms with Crippen LogP contribution in [-0.4, -0.2) is 34.4 Å². The van der Waals surface area contributed by atoms with Gasteiger partial charge >= 0.3 is 0 Å². The molecule has 0 fully saturated rings. The van der Waals surface area contributed by atoms with Crippen LogP contribution in [-0.2, 0) is 14.3 Å². The highest BCUT2D eigenvalue weighted by atomic mass is 32.2. The van der Waals surface area contributed by atoms with Crippen LogP contribution in [0.2, 0.25) is 18.1 Å². The van der Waals surface area contributed by atoms with E-state index in [4.69, 9.17) is 0 Å².